The number of fused-ring (bicyclic) bond motifs is 1. The zero-order valence-electron chi connectivity index (χ0n) is 19.0. The zero-order chi connectivity index (χ0) is 23.5. The van der Waals surface area contributed by atoms with E-state index in [1.807, 2.05) is 12.1 Å². The summed E-state index contributed by atoms with van der Waals surface area (Å²) in [5.74, 6) is 0.198. The molecule has 0 unspecified atom stereocenters. The molecule has 3 rings (SSSR count). The second-order valence-electron chi connectivity index (χ2n) is 8.25. The fourth-order valence-corrected chi connectivity index (χ4v) is 3.99. The molecule has 1 heterocycles. The lowest BCUT2D eigenvalue weighted by Crippen LogP contribution is -2.45. The molecule has 0 saturated carbocycles. The van der Waals surface area contributed by atoms with Gasteiger partial charge in [-0.1, -0.05) is 13.0 Å². The highest BCUT2D eigenvalue weighted by molar-refractivity contribution is 5.96. The van der Waals surface area contributed by atoms with Crippen LogP contribution in [0.15, 0.2) is 47.6 Å². The molecule has 1 N–H and O–H groups in total. The Morgan fingerprint density at radius 1 is 1.28 bits per heavy atom. The first-order valence-corrected chi connectivity index (χ1v) is 10.4. The number of benzene rings is 2. The van der Waals surface area contributed by atoms with Crippen molar-refractivity contribution in [3.05, 3.63) is 69.3 Å². The number of rotatable bonds is 7. The third-order valence-corrected chi connectivity index (χ3v) is 5.49. The number of nitrogens with zero attached hydrogens (tertiary/aromatic N) is 3. The fraction of sp³-hybridized carbons (Fsp3) is 0.333. The predicted octanol–water partition coefficient (Wildman–Crippen LogP) is 4.78. The van der Waals surface area contributed by atoms with Gasteiger partial charge in [0, 0.05) is 47.1 Å². The topological polar surface area (TPSA) is 97.1 Å². The van der Waals surface area contributed by atoms with Crippen molar-refractivity contribution < 1.29 is 14.5 Å². The molecule has 0 aliphatic carbocycles. The molecule has 2 aromatic carbocycles. The number of nitro benzene ring substituents is 1. The standard InChI is InChI=1S/C24H28N4O4/c1-6-11-27-21-13-22(32-5)18(12-20(21)16(2)14-24(27,3)4)15-25-26-23(29)17-7-9-19(10-8-17)28(30)31/h7-10,12-15H,6,11H2,1-5H3,(H,26,29)/b25-15-. The van der Waals surface area contributed by atoms with Gasteiger partial charge in [0.1, 0.15) is 5.75 Å². The lowest BCUT2D eigenvalue weighted by molar-refractivity contribution is -0.384. The molecule has 32 heavy (non-hydrogen) atoms. The fourth-order valence-electron chi connectivity index (χ4n) is 3.99. The maximum Gasteiger partial charge on any atom is 0.271 e. The maximum absolute atomic E-state index is 12.3. The van der Waals surface area contributed by atoms with Crippen molar-refractivity contribution in [2.24, 2.45) is 5.10 Å². The Morgan fingerprint density at radius 2 is 1.97 bits per heavy atom. The quantitative estimate of drug-likeness (QED) is 0.383. The van der Waals surface area contributed by atoms with Crippen LogP contribution in [0.1, 0.15) is 55.6 Å². The van der Waals surface area contributed by atoms with Crippen LogP contribution in [-0.4, -0.2) is 36.2 Å². The van der Waals surface area contributed by atoms with E-state index in [-0.39, 0.29) is 16.8 Å². The van der Waals surface area contributed by atoms with E-state index in [2.05, 4.69) is 49.2 Å². The molecule has 0 saturated heterocycles. The molecule has 1 aliphatic rings. The van der Waals surface area contributed by atoms with Gasteiger partial charge in [-0.3, -0.25) is 14.9 Å². The number of carbonyl (C=O) groups is 1. The summed E-state index contributed by atoms with van der Waals surface area (Å²) < 4.78 is 5.61. The van der Waals surface area contributed by atoms with Crippen molar-refractivity contribution in [2.45, 2.75) is 39.7 Å². The summed E-state index contributed by atoms with van der Waals surface area (Å²) in [5, 5.41) is 14.8. The van der Waals surface area contributed by atoms with Crippen LogP contribution in [0.3, 0.4) is 0 Å². The van der Waals surface area contributed by atoms with E-state index < -0.39 is 10.8 Å². The van der Waals surface area contributed by atoms with Gasteiger partial charge in [0.25, 0.3) is 11.6 Å². The van der Waals surface area contributed by atoms with Crippen LogP contribution >= 0.6 is 0 Å². The lowest BCUT2D eigenvalue weighted by atomic mass is 9.87. The van der Waals surface area contributed by atoms with Crippen LogP contribution in [0.25, 0.3) is 5.57 Å². The number of hydrogen-bond donors (Lipinski definition) is 1. The molecule has 0 radical (unpaired) electrons. The van der Waals surface area contributed by atoms with Gasteiger partial charge < -0.3 is 9.64 Å². The minimum absolute atomic E-state index is 0.0763. The van der Waals surface area contributed by atoms with Crippen LogP contribution in [0.2, 0.25) is 0 Å². The van der Waals surface area contributed by atoms with Gasteiger partial charge >= 0.3 is 0 Å². The molecule has 8 nitrogen and oxygen atoms in total. The van der Waals surface area contributed by atoms with Gasteiger partial charge in [0.2, 0.25) is 0 Å². The SMILES string of the molecule is CCCN1c2cc(OC)c(/C=N\NC(=O)c3ccc([N+](=O)[O-])cc3)cc2C(C)=CC1(C)C. The van der Waals surface area contributed by atoms with Crippen molar-refractivity contribution in [1.29, 1.82) is 0 Å². The molecule has 0 spiro atoms. The molecule has 1 amide bonds. The molecule has 8 heteroatoms. The van der Waals surface area contributed by atoms with E-state index in [1.54, 1.807) is 13.3 Å². The first-order valence-electron chi connectivity index (χ1n) is 10.4. The Bertz CT molecular complexity index is 1090. The smallest absolute Gasteiger partial charge is 0.271 e. The number of methoxy groups -OCH3 is 1. The molecule has 1 aliphatic heterocycles. The van der Waals surface area contributed by atoms with Crippen LogP contribution < -0.4 is 15.1 Å². The molecular formula is C24H28N4O4. The average molecular weight is 437 g/mol. The number of hydrazone groups is 1. The Hall–Kier alpha value is -3.68. The van der Waals surface area contributed by atoms with Gasteiger partial charge in [0.15, 0.2) is 0 Å². The molecule has 2 aromatic rings. The summed E-state index contributed by atoms with van der Waals surface area (Å²) in [6.07, 6.45) is 4.82. The molecule has 0 bridgehead atoms. The number of nitrogens with one attached hydrogen (secondary N) is 1. The minimum atomic E-state index is -0.513. The molecular weight excluding hydrogens is 408 g/mol. The zero-order valence-corrected chi connectivity index (χ0v) is 19.0. The summed E-state index contributed by atoms with van der Waals surface area (Å²) in [5.41, 5.74) is 6.68. The van der Waals surface area contributed by atoms with E-state index >= 15 is 0 Å². The first kappa shape index (κ1) is 23.0. The van der Waals surface area contributed by atoms with Crippen molar-refractivity contribution in [1.82, 2.24) is 5.43 Å². The number of ether oxygens (including phenoxy) is 1. The molecule has 0 aromatic heterocycles. The summed E-state index contributed by atoms with van der Waals surface area (Å²) in [6.45, 7) is 9.57. The van der Waals surface area contributed by atoms with E-state index in [9.17, 15) is 14.9 Å². The second-order valence-corrected chi connectivity index (χ2v) is 8.25. The van der Waals surface area contributed by atoms with E-state index in [0.29, 0.717) is 5.75 Å². The van der Waals surface area contributed by atoms with Gasteiger partial charge in [0.05, 0.1) is 23.8 Å². The number of anilines is 1. The van der Waals surface area contributed by atoms with Crippen LogP contribution in [0, 0.1) is 10.1 Å². The number of hydrogen-bond acceptors (Lipinski definition) is 6. The van der Waals surface area contributed by atoms with Gasteiger partial charge in [-0.2, -0.15) is 5.10 Å². The van der Waals surface area contributed by atoms with Crippen LogP contribution in [0.5, 0.6) is 5.75 Å². The summed E-state index contributed by atoms with van der Waals surface area (Å²) in [4.78, 5) is 24.9. The van der Waals surface area contributed by atoms with Crippen molar-refractivity contribution in [3.8, 4) is 5.75 Å². The summed E-state index contributed by atoms with van der Waals surface area (Å²) >= 11 is 0. The Balaban J connectivity index is 1.86. The maximum atomic E-state index is 12.3. The Kier molecular flexibility index (Phi) is 6.62. The molecule has 0 atom stereocenters. The third-order valence-electron chi connectivity index (χ3n) is 5.49. The van der Waals surface area contributed by atoms with E-state index in [0.717, 1.165) is 29.8 Å². The number of amides is 1. The summed E-state index contributed by atoms with van der Waals surface area (Å²) in [6, 6.07) is 9.37. The van der Waals surface area contributed by atoms with Crippen LogP contribution in [0.4, 0.5) is 11.4 Å². The predicted molar refractivity (Wildman–Crippen MR) is 127 cm³/mol. The average Bonchev–Trinajstić information content (AvgIpc) is 2.76. The molecule has 0 fully saturated rings. The number of nitro groups is 1. The Morgan fingerprint density at radius 3 is 2.56 bits per heavy atom. The minimum Gasteiger partial charge on any atom is -0.496 e. The molecule has 168 valence electrons. The number of allylic oxidation sites excluding steroid dienone is 1. The Labute approximate surface area is 187 Å². The van der Waals surface area contributed by atoms with Crippen molar-refractivity contribution >= 4 is 29.1 Å². The normalized spacial score (nSPS) is 14.7. The largest absolute Gasteiger partial charge is 0.496 e. The highest BCUT2D eigenvalue weighted by atomic mass is 16.6. The summed E-state index contributed by atoms with van der Waals surface area (Å²) in [7, 11) is 1.61. The van der Waals surface area contributed by atoms with Crippen LogP contribution in [-0.2, 0) is 0 Å². The van der Waals surface area contributed by atoms with Crippen molar-refractivity contribution in [2.75, 3.05) is 18.6 Å². The highest BCUT2D eigenvalue weighted by Crippen LogP contribution is 2.41. The second kappa shape index (κ2) is 9.21. The van der Waals surface area contributed by atoms with Gasteiger partial charge in [-0.25, -0.2) is 5.43 Å². The highest BCUT2D eigenvalue weighted by Gasteiger charge is 2.31. The number of carbonyl (C=O) groups excluding carboxylic acids is 1. The van der Waals surface area contributed by atoms with Crippen molar-refractivity contribution in [3.63, 3.8) is 0 Å². The van der Waals surface area contributed by atoms with E-state index in [1.165, 1.54) is 29.8 Å². The van der Waals surface area contributed by atoms with Gasteiger partial charge in [-0.15, -0.1) is 0 Å². The first-order chi connectivity index (χ1) is 15.2. The van der Waals surface area contributed by atoms with E-state index in [4.69, 9.17) is 4.74 Å². The monoisotopic (exact) mass is 436 g/mol. The third kappa shape index (κ3) is 4.64. The lowest BCUT2D eigenvalue weighted by Gasteiger charge is -2.43. The van der Waals surface area contributed by atoms with Gasteiger partial charge in [-0.05, 0) is 51.0 Å². The number of non-ortho nitro benzene ring substituents is 1.